The van der Waals surface area contributed by atoms with Crippen LogP contribution in [0.1, 0.15) is 28.9 Å². The van der Waals surface area contributed by atoms with Gasteiger partial charge in [-0.2, -0.15) is 0 Å². The second kappa shape index (κ2) is 8.54. The molecular weight excluding hydrogens is 358 g/mol. The van der Waals surface area contributed by atoms with E-state index in [0.29, 0.717) is 0 Å². The largest absolute Gasteiger partial charge is 0.354 e. The van der Waals surface area contributed by atoms with E-state index in [9.17, 15) is 4.79 Å². The van der Waals surface area contributed by atoms with E-state index in [2.05, 4.69) is 26.1 Å². The Balaban J connectivity index is 1.46. The van der Waals surface area contributed by atoms with Crippen LogP contribution >= 0.6 is 11.3 Å². The summed E-state index contributed by atoms with van der Waals surface area (Å²) in [6.07, 6.45) is 7.70. The van der Waals surface area contributed by atoms with Gasteiger partial charge in [-0.15, -0.1) is 11.3 Å². The minimum Gasteiger partial charge on any atom is -0.354 e. The molecule has 2 saturated heterocycles. The molecule has 1 N–H and O–H groups in total. The fraction of sp³-hybridized carbons (Fsp3) is 0.600. The molecule has 6 nitrogen and oxygen atoms in total. The van der Waals surface area contributed by atoms with Gasteiger partial charge in [-0.1, -0.05) is 6.08 Å². The number of likely N-dealkylation sites (tertiary alicyclic amines) is 1. The van der Waals surface area contributed by atoms with Crippen molar-refractivity contribution in [3.63, 3.8) is 0 Å². The third-order valence-electron chi connectivity index (χ3n) is 5.67. The van der Waals surface area contributed by atoms with Crippen molar-refractivity contribution < 1.29 is 4.79 Å². The lowest BCUT2D eigenvalue weighted by Gasteiger charge is -2.36. The number of nitrogens with zero attached hydrogens (tertiary/aromatic N) is 4. The highest BCUT2D eigenvalue weighted by atomic mass is 32.1. The van der Waals surface area contributed by atoms with Crippen molar-refractivity contribution in [1.82, 2.24) is 20.0 Å². The molecule has 0 radical (unpaired) electrons. The Morgan fingerprint density at radius 1 is 1.11 bits per heavy atom. The first-order chi connectivity index (χ1) is 13.2. The van der Waals surface area contributed by atoms with E-state index in [4.69, 9.17) is 4.99 Å². The van der Waals surface area contributed by atoms with E-state index in [0.717, 1.165) is 53.0 Å². The van der Waals surface area contributed by atoms with Crippen LogP contribution in [-0.4, -0.2) is 86.2 Å². The first-order valence-electron chi connectivity index (χ1n) is 10.0. The van der Waals surface area contributed by atoms with Crippen molar-refractivity contribution >= 4 is 35.4 Å². The molecule has 1 aromatic heterocycles. The lowest BCUT2D eigenvalue weighted by Crippen LogP contribution is -2.48. The average molecular weight is 388 g/mol. The Hall–Kier alpha value is -1.70. The van der Waals surface area contributed by atoms with Crippen molar-refractivity contribution in [2.24, 2.45) is 4.99 Å². The third-order valence-corrected chi connectivity index (χ3v) is 6.82. The van der Waals surface area contributed by atoms with E-state index < -0.39 is 0 Å². The monoisotopic (exact) mass is 387 g/mol. The minimum atomic E-state index is -0.0171. The van der Waals surface area contributed by atoms with E-state index in [1.165, 1.54) is 39.0 Å². The molecule has 3 aliphatic rings. The average Bonchev–Trinajstić information content (AvgIpc) is 3.33. The molecule has 3 aliphatic heterocycles. The molecule has 0 atom stereocenters. The quantitative estimate of drug-likeness (QED) is 0.781. The molecule has 0 spiro atoms. The highest BCUT2D eigenvalue weighted by Gasteiger charge is 2.21. The van der Waals surface area contributed by atoms with Gasteiger partial charge in [-0.05, 0) is 37.2 Å². The summed E-state index contributed by atoms with van der Waals surface area (Å²) in [5, 5.41) is 3.87. The third kappa shape index (κ3) is 4.25. The maximum Gasteiger partial charge on any atom is 0.261 e. The standard InChI is InChI=1S/C20H29N5OS/c1-21-20(26)17-15-16-5-4-6-22-19(18(16)27-17)25-13-11-24(12-14-25)10-9-23-7-2-3-8-23/h5-6,15H,2-4,7-14H2,1H3,(H,21,26). The van der Waals surface area contributed by atoms with Crippen molar-refractivity contribution in [3.8, 4) is 0 Å². The molecule has 0 unspecified atom stereocenters. The molecule has 0 aromatic carbocycles. The maximum atomic E-state index is 12.0. The Morgan fingerprint density at radius 3 is 2.52 bits per heavy atom. The van der Waals surface area contributed by atoms with Crippen LogP contribution in [0.5, 0.6) is 0 Å². The molecule has 7 heteroatoms. The number of carbonyl (C=O) groups excluding carboxylic acids is 1. The lowest BCUT2D eigenvalue weighted by atomic mass is 10.3. The second-order valence-electron chi connectivity index (χ2n) is 7.43. The molecule has 4 rings (SSSR count). The number of hydrogen-bond donors (Lipinski definition) is 1. The predicted molar refractivity (Wildman–Crippen MR) is 112 cm³/mol. The van der Waals surface area contributed by atoms with E-state index in [1.807, 2.05) is 12.3 Å². The van der Waals surface area contributed by atoms with Gasteiger partial charge in [0.2, 0.25) is 0 Å². The first-order valence-corrected chi connectivity index (χ1v) is 10.8. The van der Waals surface area contributed by atoms with Gasteiger partial charge in [0, 0.05) is 59.0 Å². The van der Waals surface area contributed by atoms with Crippen LogP contribution in [0.15, 0.2) is 11.1 Å². The normalized spacial score (nSPS) is 21.1. The summed E-state index contributed by atoms with van der Waals surface area (Å²) < 4.78 is 1.13. The SMILES string of the molecule is CNC(=O)c1cc2c(s1)=C(N1CCN(CCN3CCCC3)CC1)N=CCC=2. The zero-order chi connectivity index (χ0) is 18.6. The molecule has 1 aromatic rings. The number of amides is 1. The van der Waals surface area contributed by atoms with Crippen LogP contribution in [-0.2, 0) is 0 Å². The summed E-state index contributed by atoms with van der Waals surface area (Å²) in [5.74, 6) is 1.02. The first kappa shape index (κ1) is 18.7. The highest BCUT2D eigenvalue weighted by Crippen LogP contribution is 2.14. The number of nitrogens with one attached hydrogen (secondary N) is 1. The summed E-state index contributed by atoms with van der Waals surface area (Å²) in [7, 11) is 1.68. The number of fused-ring (bicyclic) bond motifs is 1. The van der Waals surface area contributed by atoms with Crippen LogP contribution in [0.4, 0.5) is 0 Å². The second-order valence-corrected chi connectivity index (χ2v) is 8.48. The van der Waals surface area contributed by atoms with Crippen molar-refractivity contribution in [2.75, 3.05) is 59.4 Å². The molecule has 2 fully saturated rings. The van der Waals surface area contributed by atoms with Crippen molar-refractivity contribution in [2.45, 2.75) is 19.3 Å². The fourth-order valence-electron chi connectivity index (χ4n) is 4.04. The lowest BCUT2D eigenvalue weighted by molar-refractivity contribution is 0.0967. The minimum absolute atomic E-state index is 0.0171. The molecule has 1 amide bonds. The molecule has 0 aliphatic carbocycles. The van der Waals surface area contributed by atoms with Crippen LogP contribution < -0.4 is 15.1 Å². The van der Waals surface area contributed by atoms with E-state index in [1.54, 1.807) is 18.4 Å². The molecule has 0 saturated carbocycles. The molecule has 27 heavy (non-hydrogen) atoms. The Morgan fingerprint density at radius 2 is 1.81 bits per heavy atom. The highest BCUT2D eigenvalue weighted by molar-refractivity contribution is 7.12. The van der Waals surface area contributed by atoms with Crippen molar-refractivity contribution in [3.05, 3.63) is 20.7 Å². The fourth-order valence-corrected chi connectivity index (χ4v) is 5.18. The summed E-state index contributed by atoms with van der Waals surface area (Å²) in [6.45, 7) is 9.09. The Kier molecular flexibility index (Phi) is 5.90. The van der Waals surface area contributed by atoms with Gasteiger partial charge in [0.25, 0.3) is 5.91 Å². The van der Waals surface area contributed by atoms with E-state index >= 15 is 0 Å². The summed E-state index contributed by atoms with van der Waals surface area (Å²) >= 11 is 1.55. The topological polar surface area (TPSA) is 51.2 Å². The molecule has 0 bridgehead atoms. The Bertz CT molecular complexity index is 816. The van der Waals surface area contributed by atoms with Crippen LogP contribution in [0, 0.1) is 0 Å². The van der Waals surface area contributed by atoms with Crippen LogP contribution in [0.3, 0.4) is 0 Å². The van der Waals surface area contributed by atoms with Gasteiger partial charge in [0.15, 0.2) is 0 Å². The predicted octanol–water partition coefficient (Wildman–Crippen LogP) is 0.142. The number of rotatable bonds is 5. The van der Waals surface area contributed by atoms with Gasteiger partial charge < -0.3 is 15.1 Å². The summed E-state index contributed by atoms with van der Waals surface area (Å²) in [5.41, 5.74) is 0. The summed E-state index contributed by atoms with van der Waals surface area (Å²) in [4.78, 5) is 25.1. The molecule has 4 heterocycles. The number of hydrogen-bond acceptors (Lipinski definition) is 6. The number of thiophene rings is 1. The van der Waals surface area contributed by atoms with Crippen molar-refractivity contribution in [1.29, 1.82) is 0 Å². The summed E-state index contributed by atoms with van der Waals surface area (Å²) in [6, 6.07) is 2.00. The maximum absolute atomic E-state index is 12.0. The van der Waals surface area contributed by atoms with Crippen LogP contribution in [0.2, 0.25) is 0 Å². The smallest absolute Gasteiger partial charge is 0.261 e. The van der Waals surface area contributed by atoms with Gasteiger partial charge in [-0.25, -0.2) is 4.99 Å². The zero-order valence-electron chi connectivity index (χ0n) is 16.1. The molecular formula is C20H29N5OS. The van der Waals surface area contributed by atoms with Gasteiger partial charge in [0.05, 0.1) is 9.41 Å². The Labute approximate surface area is 164 Å². The van der Waals surface area contributed by atoms with Gasteiger partial charge in [-0.3, -0.25) is 9.69 Å². The van der Waals surface area contributed by atoms with Crippen LogP contribution in [0.25, 0.3) is 11.9 Å². The van der Waals surface area contributed by atoms with E-state index in [-0.39, 0.29) is 5.91 Å². The zero-order valence-corrected chi connectivity index (χ0v) is 16.9. The number of aliphatic imine (C=N–C) groups is 1. The van der Waals surface area contributed by atoms with Gasteiger partial charge in [0.1, 0.15) is 5.82 Å². The number of piperazine rings is 1. The molecule has 146 valence electrons. The number of carbonyl (C=O) groups is 1. The van der Waals surface area contributed by atoms with Gasteiger partial charge >= 0.3 is 0 Å².